The maximum Gasteiger partial charge on any atom is 0.433 e. The minimum absolute atomic E-state index is 0.0907. The molecule has 2 saturated carbocycles. The number of piperidine rings is 1. The fourth-order valence-corrected chi connectivity index (χ4v) is 6.99. The lowest BCUT2D eigenvalue weighted by atomic mass is 9.80. The topological polar surface area (TPSA) is 136 Å². The summed E-state index contributed by atoms with van der Waals surface area (Å²) in [6.45, 7) is 4.38. The monoisotopic (exact) mass is 679 g/mol. The van der Waals surface area contributed by atoms with E-state index in [1.807, 2.05) is 11.0 Å². The number of benzene rings is 1. The van der Waals surface area contributed by atoms with Gasteiger partial charge in [-0.3, -0.25) is 14.6 Å². The Kier molecular flexibility index (Phi) is 8.40. The lowest BCUT2D eigenvalue weighted by Crippen LogP contribution is -2.49. The van der Waals surface area contributed by atoms with Gasteiger partial charge in [-0.2, -0.15) is 13.2 Å². The van der Waals surface area contributed by atoms with Crippen LogP contribution in [0.25, 0.3) is 11.1 Å². The van der Waals surface area contributed by atoms with Crippen molar-refractivity contribution in [2.45, 2.75) is 95.6 Å². The molecular formula is C35H37F4N7O3. The highest BCUT2D eigenvalue weighted by molar-refractivity contribution is 6.16. The van der Waals surface area contributed by atoms with E-state index < -0.39 is 29.1 Å². The van der Waals surface area contributed by atoms with Crippen LogP contribution in [-0.2, 0) is 33.5 Å². The van der Waals surface area contributed by atoms with Gasteiger partial charge >= 0.3 is 6.18 Å². The van der Waals surface area contributed by atoms with Crippen LogP contribution in [0.15, 0.2) is 29.3 Å². The largest absolute Gasteiger partial charge is 0.433 e. The highest BCUT2D eigenvalue weighted by Crippen LogP contribution is 2.42. The number of hydrogen-bond acceptors (Lipinski definition) is 8. The van der Waals surface area contributed by atoms with Crippen LogP contribution in [0.5, 0.6) is 0 Å². The minimum atomic E-state index is -4.58. The van der Waals surface area contributed by atoms with Crippen molar-refractivity contribution >= 4 is 23.3 Å². The molecule has 4 aliphatic rings. The number of carbonyl (C=O) groups is 2. The summed E-state index contributed by atoms with van der Waals surface area (Å²) in [6.07, 6.45) is 0.270. The number of carbonyl (C=O) groups excluding carboxylic acids is 2. The summed E-state index contributed by atoms with van der Waals surface area (Å²) in [6, 6.07) is 5.64. The molecule has 2 aromatic heterocycles. The quantitative estimate of drug-likeness (QED) is 0.297. The first-order valence-electron chi connectivity index (χ1n) is 16.6. The van der Waals surface area contributed by atoms with Gasteiger partial charge in [0.1, 0.15) is 28.7 Å². The summed E-state index contributed by atoms with van der Waals surface area (Å²) in [4.78, 5) is 44.7. The molecule has 1 spiro atoms. The van der Waals surface area contributed by atoms with E-state index >= 15 is 4.39 Å². The molecule has 49 heavy (non-hydrogen) atoms. The SMILES string of the molecule is Cc1nc(CC(N)=O)nc(C)c1-c1cc(F)c(COC2CC2)c(N2CCC3(CC2)N=C(c2ccc(C(F)(F)F)nc2C2CCC2)NC3=O)c1. The van der Waals surface area contributed by atoms with E-state index in [4.69, 9.17) is 15.5 Å². The van der Waals surface area contributed by atoms with Gasteiger partial charge in [0, 0.05) is 52.8 Å². The molecule has 2 aliphatic heterocycles. The number of primary amides is 1. The molecule has 258 valence electrons. The predicted octanol–water partition coefficient (Wildman–Crippen LogP) is 5.20. The number of alkyl halides is 3. The van der Waals surface area contributed by atoms with Crippen molar-refractivity contribution in [3.63, 3.8) is 0 Å². The number of rotatable bonds is 9. The van der Waals surface area contributed by atoms with Gasteiger partial charge in [-0.25, -0.2) is 19.3 Å². The summed E-state index contributed by atoms with van der Waals surface area (Å²) >= 11 is 0. The summed E-state index contributed by atoms with van der Waals surface area (Å²) < 4.78 is 62.5. The predicted molar refractivity (Wildman–Crippen MR) is 172 cm³/mol. The van der Waals surface area contributed by atoms with E-state index in [1.54, 1.807) is 13.8 Å². The second-order valence-electron chi connectivity index (χ2n) is 13.5. The highest BCUT2D eigenvalue weighted by atomic mass is 19.4. The Morgan fingerprint density at radius 2 is 1.76 bits per heavy atom. The van der Waals surface area contributed by atoms with Crippen molar-refractivity contribution in [3.05, 3.63) is 69.8 Å². The third-order valence-electron chi connectivity index (χ3n) is 9.97. The van der Waals surface area contributed by atoms with Crippen LogP contribution < -0.4 is 16.0 Å². The molecule has 1 aromatic carbocycles. The number of hydrogen-bond donors (Lipinski definition) is 2. The van der Waals surface area contributed by atoms with E-state index in [0.29, 0.717) is 76.8 Å². The fraction of sp³-hybridized carbons (Fsp3) is 0.486. The van der Waals surface area contributed by atoms with E-state index in [9.17, 15) is 22.8 Å². The van der Waals surface area contributed by atoms with Crippen molar-refractivity contribution in [2.24, 2.45) is 10.7 Å². The Morgan fingerprint density at radius 3 is 2.35 bits per heavy atom. The molecule has 0 atom stereocenters. The molecule has 1 saturated heterocycles. The van der Waals surface area contributed by atoms with Crippen LogP contribution in [0.3, 0.4) is 0 Å². The number of nitrogens with two attached hydrogens (primary N) is 1. The van der Waals surface area contributed by atoms with E-state index in [0.717, 1.165) is 38.2 Å². The number of aromatic nitrogens is 3. The number of amidine groups is 1. The number of ether oxygens (including phenoxy) is 1. The molecule has 4 heterocycles. The zero-order chi connectivity index (χ0) is 34.7. The zero-order valence-electron chi connectivity index (χ0n) is 27.3. The van der Waals surface area contributed by atoms with Crippen molar-refractivity contribution in [1.82, 2.24) is 20.3 Å². The van der Waals surface area contributed by atoms with Gasteiger partial charge in [-0.15, -0.1) is 0 Å². The summed E-state index contributed by atoms with van der Waals surface area (Å²) in [5, 5.41) is 2.85. The molecule has 0 radical (unpaired) electrons. The number of anilines is 1. The Labute approximate surface area is 280 Å². The smallest absolute Gasteiger partial charge is 0.373 e. The Morgan fingerprint density at radius 1 is 1.06 bits per heavy atom. The van der Waals surface area contributed by atoms with Crippen molar-refractivity contribution in [1.29, 1.82) is 0 Å². The highest BCUT2D eigenvalue weighted by Gasteiger charge is 2.47. The Hall–Kier alpha value is -4.46. The zero-order valence-corrected chi connectivity index (χ0v) is 27.3. The summed E-state index contributed by atoms with van der Waals surface area (Å²) in [5.41, 5.74) is 7.44. The standard InChI is InChI=1S/C35H37F4N7O3/c1-18-30(19(2)42-29(41-18)16-28(40)47)21-14-25(36)24(17-49-22-6-7-22)26(15-21)46-12-10-34(11-13-46)33(48)44-32(45-34)23-8-9-27(35(37,38)39)43-31(23)20-4-3-5-20/h8-9,14-15,20,22H,3-7,10-13,16-17H2,1-2H3,(H2,40,47)(H,44,45,48). The van der Waals surface area contributed by atoms with Crippen molar-refractivity contribution in [3.8, 4) is 11.1 Å². The first-order chi connectivity index (χ1) is 23.3. The molecule has 14 heteroatoms. The van der Waals surface area contributed by atoms with Gasteiger partial charge in [-0.1, -0.05) is 6.42 Å². The third-order valence-corrected chi connectivity index (χ3v) is 9.97. The average Bonchev–Trinajstić information content (AvgIpc) is 3.78. The maximum atomic E-state index is 16.0. The second-order valence-corrected chi connectivity index (χ2v) is 13.5. The number of aryl methyl sites for hydroxylation is 2. The maximum absolute atomic E-state index is 16.0. The van der Waals surface area contributed by atoms with Gasteiger partial charge in [0.05, 0.1) is 24.8 Å². The summed E-state index contributed by atoms with van der Waals surface area (Å²) in [5.74, 6) is -0.872. The van der Waals surface area contributed by atoms with Crippen molar-refractivity contribution in [2.75, 3.05) is 18.0 Å². The van der Waals surface area contributed by atoms with Gasteiger partial charge in [0.2, 0.25) is 5.91 Å². The normalized spacial score (nSPS) is 19.2. The van der Waals surface area contributed by atoms with Crippen LogP contribution in [-0.4, -0.2) is 57.3 Å². The van der Waals surface area contributed by atoms with E-state index in [2.05, 4.69) is 20.3 Å². The van der Waals surface area contributed by atoms with Gasteiger partial charge < -0.3 is 20.7 Å². The van der Waals surface area contributed by atoms with E-state index in [-0.39, 0.29) is 36.8 Å². The van der Waals surface area contributed by atoms with E-state index in [1.165, 1.54) is 12.1 Å². The number of pyridine rings is 1. The second kappa shape index (κ2) is 12.5. The van der Waals surface area contributed by atoms with Gasteiger partial charge in [0.25, 0.3) is 5.91 Å². The first-order valence-corrected chi connectivity index (χ1v) is 16.6. The number of nitrogens with zero attached hydrogens (tertiary/aromatic N) is 5. The molecular weight excluding hydrogens is 642 g/mol. The average molecular weight is 680 g/mol. The number of aliphatic imine (C=N–C) groups is 1. The lowest BCUT2D eigenvalue weighted by Gasteiger charge is -2.38. The van der Waals surface area contributed by atoms with Crippen LogP contribution in [0.2, 0.25) is 0 Å². The Balaban J connectivity index is 1.19. The molecule has 0 unspecified atom stereocenters. The minimum Gasteiger partial charge on any atom is -0.373 e. The molecule has 3 aromatic rings. The molecule has 3 N–H and O–H groups in total. The summed E-state index contributed by atoms with van der Waals surface area (Å²) in [7, 11) is 0. The van der Waals surface area contributed by atoms with Gasteiger partial charge in [0.15, 0.2) is 0 Å². The van der Waals surface area contributed by atoms with Crippen LogP contribution in [0.4, 0.5) is 23.2 Å². The van der Waals surface area contributed by atoms with Crippen LogP contribution in [0, 0.1) is 19.7 Å². The molecule has 2 amide bonds. The molecule has 3 fully saturated rings. The molecule has 7 rings (SSSR count). The molecule has 0 bridgehead atoms. The van der Waals surface area contributed by atoms with Crippen molar-refractivity contribution < 1.29 is 31.9 Å². The van der Waals surface area contributed by atoms with Crippen LogP contribution >= 0.6 is 0 Å². The third kappa shape index (κ3) is 6.50. The number of nitrogens with one attached hydrogen (secondary N) is 1. The van der Waals surface area contributed by atoms with Gasteiger partial charge in [-0.05, 0) is 82.2 Å². The number of amides is 2. The Bertz CT molecular complexity index is 1840. The van der Waals surface area contributed by atoms with Crippen LogP contribution in [0.1, 0.15) is 90.6 Å². The first kappa shape index (κ1) is 33.1. The fourth-order valence-electron chi connectivity index (χ4n) is 6.99. The molecule has 10 nitrogen and oxygen atoms in total. The lowest BCUT2D eigenvalue weighted by molar-refractivity contribution is -0.141. The molecule has 2 aliphatic carbocycles. The number of halogens is 4.